The summed E-state index contributed by atoms with van der Waals surface area (Å²) in [6.45, 7) is 2.85. The Morgan fingerprint density at radius 3 is 2.76 bits per heavy atom. The van der Waals surface area contributed by atoms with Crippen LogP contribution in [-0.2, 0) is 16.1 Å². The van der Waals surface area contributed by atoms with Gasteiger partial charge >= 0.3 is 0 Å². The van der Waals surface area contributed by atoms with E-state index in [0.717, 1.165) is 11.1 Å². The minimum atomic E-state index is -0.462. The Kier molecular flexibility index (Phi) is 5.03. The van der Waals surface area contributed by atoms with Crippen molar-refractivity contribution >= 4 is 33.4 Å². The number of rotatable bonds is 4. The summed E-state index contributed by atoms with van der Waals surface area (Å²) in [5, 5.41) is 2.61. The molecule has 1 fully saturated rings. The number of nitrogens with one attached hydrogen (secondary N) is 2. The zero-order valence-corrected chi connectivity index (χ0v) is 15.3. The lowest BCUT2D eigenvalue weighted by molar-refractivity contribution is -0.128. The van der Waals surface area contributed by atoms with Crippen LogP contribution in [0.5, 0.6) is 0 Å². The van der Waals surface area contributed by atoms with Gasteiger partial charge < -0.3 is 15.2 Å². The number of aromatic nitrogens is 1. The number of amides is 2. The topological polar surface area (TPSA) is 82.3 Å². The predicted octanol–water partition coefficient (Wildman–Crippen LogP) is 2.43. The van der Waals surface area contributed by atoms with E-state index < -0.39 is 5.92 Å². The third kappa shape index (κ3) is 4.17. The summed E-state index contributed by atoms with van der Waals surface area (Å²) in [6, 6.07) is 9.50. The first-order valence-electron chi connectivity index (χ1n) is 7.95. The lowest BCUT2D eigenvalue weighted by Crippen LogP contribution is -2.29. The van der Waals surface area contributed by atoms with Gasteiger partial charge in [-0.1, -0.05) is 29.8 Å². The number of anilines is 1. The maximum absolute atomic E-state index is 12.4. The Bertz CT molecular complexity index is 861. The minimum absolute atomic E-state index is 0.0520. The summed E-state index contributed by atoms with van der Waals surface area (Å²) < 4.78 is 0.658. The molecule has 1 aromatic heterocycles. The van der Waals surface area contributed by atoms with Crippen LogP contribution in [0.15, 0.2) is 45.8 Å². The number of halogens is 1. The number of H-pyrrole nitrogens is 1. The highest BCUT2D eigenvalue weighted by molar-refractivity contribution is 9.10. The second-order valence-corrected chi connectivity index (χ2v) is 7.13. The zero-order chi connectivity index (χ0) is 18.0. The molecule has 1 aromatic carbocycles. The van der Waals surface area contributed by atoms with Crippen molar-refractivity contribution in [2.24, 2.45) is 5.92 Å². The molecule has 6 nitrogen and oxygen atoms in total. The van der Waals surface area contributed by atoms with Crippen LogP contribution in [0.1, 0.15) is 17.5 Å². The van der Waals surface area contributed by atoms with E-state index in [4.69, 9.17) is 0 Å². The van der Waals surface area contributed by atoms with E-state index in [1.165, 1.54) is 12.3 Å². The molecule has 2 N–H and O–H groups in total. The summed E-state index contributed by atoms with van der Waals surface area (Å²) in [5.41, 5.74) is 1.98. The van der Waals surface area contributed by atoms with Gasteiger partial charge in [0.25, 0.3) is 5.56 Å². The van der Waals surface area contributed by atoms with E-state index in [1.807, 2.05) is 31.2 Å². The molecule has 2 aromatic rings. The Labute approximate surface area is 153 Å². The standard InChI is InChI=1S/C18H18BrN3O3/c1-11-2-4-12(5-3-11)9-22-10-13(6-16(22)23)17(24)21-15-7-14(19)8-20-18(15)25/h2-5,7-8,13H,6,9-10H2,1H3,(H,20,25)(H,21,24). The largest absolute Gasteiger partial charge is 0.338 e. The molecule has 1 unspecified atom stereocenters. The number of hydrogen-bond acceptors (Lipinski definition) is 3. The van der Waals surface area contributed by atoms with Crippen LogP contribution in [0.25, 0.3) is 0 Å². The van der Waals surface area contributed by atoms with E-state index >= 15 is 0 Å². The molecule has 1 aliphatic heterocycles. The molecular formula is C18H18BrN3O3. The zero-order valence-electron chi connectivity index (χ0n) is 13.7. The second kappa shape index (κ2) is 7.23. The predicted molar refractivity (Wildman–Crippen MR) is 98.1 cm³/mol. The molecule has 0 radical (unpaired) electrons. The number of benzene rings is 1. The van der Waals surface area contributed by atoms with Crippen LogP contribution < -0.4 is 10.9 Å². The van der Waals surface area contributed by atoms with Crippen molar-refractivity contribution < 1.29 is 9.59 Å². The first-order valence-corrected chi connectivity index (χ1v) is 8.74. The van der Waals surface area contributed by atoms with Crippen molar-refractivity contribution in [1.29, 1.82) is 0 Å². The number of nitrogens with zero attached hydrogens (tertiary/aromatic N) is 1. The van der Waals surface area contributed by atoms with Gasteiger partial charge in [0.05, 0.1) is 5.92 Å². The van der Waals surface area contributed by atoms with E-state index in [-0.39, 0.29) is 29.5 Å². The number of aryl methyl sites for hydroxylation is 1. The maximum atomic E-state index is 12.4. The van der Waals surface area contributed by atoms with Crippen molar-refractivity contribution in [2.75, 3.05) is 11.9 Å². The highest BCUT2D eigenvalue weighted by Crippen LogP contribution is 2.22. The Hall–Kier alpha value is -2.41. The smallest absolute Gasteiger partial charge is 0.271 e. The molecule has 3 rings (SSSR count). The monoisotopic (exact) mass is 403 g/mol. The van der Waals surface area contributed by atoms with E-state index in [0.29, 0.717) is 17.6 Å². The molecule has 0 aliphatic carbocycles. The van der Waals surface area contributed by atoms with E-state index in [9.17, 15) is 14.4 Å². The molecule has 0 spiro atoms. The summed E-state index contributed by atoms with van der Waals surface area (Å²) in [5.74, 6) is -0.830. The molecule has 25 heavy (non-hydrogen) atoms. The molecule has 0 saturated carbocycles. The summed E-state index contributed by atoms with van der Waals surface area (Å²) in [4.78, 5) is 40.6. The summed E-state index contributed by atoms with van der Waals surface area (Å²) in [6.07, 6.45) is 1.66. The van der Waals surface area contributed by atoms with Crippen LogP contribution in [-0.4, -0.2) is 28.2 Å². The Balaban J connectivity index is 1.65. The van der Waals surface area contributed by atoms with Crippen LogP contribution >= 0.6 is 15.9 Å². The number of aromatic amines is 1. The van der Waals surface area contributed by atoms with Crippen molar-refractivity contribution in [3.8, 4) is 0 Å². The molecule has 1 saturated heterocycles. The first-order chi connectivity index (χ1) is 11.9. The quantitative estimate of drug-likeness (QED) is 0.822. The van der Waals surface area contributed by atoms with Crippen LogP contribution in [0.2, 0.25) is 0 Å². The Morgan fingerprint density at radius 1 is 1.32 bits per heavy atom. The average molecular weight is 404 g/mol. The molecule has 130 valence electrons. The fourth-order valence-corrected chi connectivity index (χ4v) is 3.14. The van der Waals surface area contributed by atoms with Gasteiger partial charge in [-0.15, -0.1) is 0 Å². The molecule has 1 atom stereocenters. The fraction of sp³-hybridized carbons (Fsp3) is 0.278. The molecule has 2 amide bonds. The minimum Gasteiger partial charge on any atom is -0.338 e. The van der Waals surface area contributed by atoms with Gasteiger partial charge in [0.2, 0.25) is 11.8 Å². The summed E-state index contributed by atoms with van der Waals surface area (Å²) in [7, 11) is 0. The van der Waals surface area contributed by atoms with Gasteiger partial charge in [0, 0.05) is 30.2 Å². The van der Waals surface area contributed by atoms with Gasteiger partial charge in [-0.2, -0.15) is 0 Å². The second-order valence-electron chi connectivity index (χ2n) is 6.21. The van der Waals surface area contributed by atoms with Gasteiger partial charge in [0.1, 0.15) is 5.69 Å². The third-order valence-electron chi connectivity index (χ3n) is 4.21. The average Bonchev–Trinajstić information content (AvgIpc) is 2.94. The fourth-order valence-electron chi connectivity index (χ4n) is 2.80. The highest BCUT2D eigenvalue weighted by Gasteiger charge is 2.34. The number of carbonyl (C=O) groups is 2. The van der Waals surface area contributed by atoms with Crippen molar-refractivity contribution in [3.63, 3.8) is 0 Å². The number of likely N-dealkylation sites (tertiary alicyclic amines) is 1. The maximum Gasteiger partial charge on any atom is 0.271 e. The van der Waals surface area contributed by atoms with E-state index in [1.54, 1.807) is 4.90 Å². The van der Waals surface area contributed by atoms with Gasteiger partial charge in [-0.05, 0) is 34.5 Å². The Morgan fingerprint density at radius 2 is 2.04 bits per heavy atom. The van der Waals surface area contributed by atoms with Crippen molar-refractivity contribution in [1.82, 2.24) is 9.88 Å². The van der Waals surface area contributed by atoms with Crippen molar-refractivity contribution in [3.05, 3.63) is 62.5 Å². The van der Waals surface area contributed by atoms with Crippen LogP contribution in [0.3, 0.4) is 0 Å². The van der Waals surface area contributed by atoms with Gasteiger partial charge in [0.15, 0.2) is 0 Å². The SMILES string of the molecule is Cc1ccc(CN2CC(C(=O)Nc3cc(Br)c[nH]c3=O)CC2=O)cc1. The molecule has 0 bridgehead atoms. The molecule has 7 heteroatoms. The lowest BCUT2D eigenvalue weighted by atomic mass is 10.1. The summed E-state index contributed by atoms with van der Waals surface area (Å²) >= 11 is 3.25. The number of carbonyl (C=O) groups excluding carboxylic acids is 2. The molecular weight excluding hydrogens is 386 g/mol. The van der Waals surface area contributed by atoms with E-state index in [2.05, 4.69) is 26.2 Å². The third-order valence-corrected chi connectivity index (χ3v) is 4.66. The molecule has 2 heterocycles. The van der Waals surface area contributed by atoms with Crippen molar-refractivity contribution in [2.45, 2.75) is 19.9 Å². The number of hydrogen-bond donors (Lipinski definition) is 2. The van der Waals surface area contributed by atoms with Gasteiger partial charge in [-0.25, -0.2) is 0 Å². The van der Waals surface area contributed by atoms with Gasteiger partial charge in [-0.3, -0.25) is 14.4 Å². The normalized spacial score (nSPS) is 17.0. The van der Waals surface area contributed by atoms with Crippen LogP contribution in [0.4, 0.5) is 5.69 Å². The number of pyridine rings is 1. The van der Waals surface area contributed by atoms with Crippen LogP contribution in [0, 0.1) is 12.8 Å². The lowest BCUT2D eigenvalue weighted by Gasteiger charge is -2.16. The highest BCUT2D eigenvalue weighted by atomic mass is 79.9. The molecule has 1 aliphatic rings. The first kappa shape index (κ1) is 17.4.